The van der Waals surface area contributed by atoms with E-state index in [4.69, 9.17) is 16.6 Å². The van der Waals surface area contributed by atoms with E-state index in [9.17, 15) is 16.8 Å². The van der Waals surface area contributed by atoms with Crippen LogP contribution in [0.1, 0.15) is 32.6 Å². The second-order valence-corrected chi connectivity index (χ2v) is 19.2. The smallest absolute Gasteiger partial charge is 0.308 e. The Labute approximate surface area is 305 Å². The topological polar surface area (TPSA) is 139 Å². The molecule has 2 aliphatic rings. The zero-order chi connectivity index (χ0) is 32.5. The Hall–Kier alpha value is -0.430. The minimum absolute atomic E-state index is 0.118. The molecular formula is C24H28Br2ClI2N9O4S2. The molecule has 4 aromatic rings. The molecule has 0 radical (unpaired) electrons. The highest BCUT2D eigenvalue weighted by Crippen LogP contribution is 2.43. The van der Waals surface area contributed by atoms with Gasteiger partial charge in [0.2, 0.25) is 0 Å². The number of rotatable bonds is 5. The fourth-order valence-electron chi connectivity index (χ4n) is 5.52. The summed E-state index contributed by atoms with van der Waals surface area (Å²) in [5.74, 6) is 1.49. The fraction of sp³-hybridized carbons (Fsp3) is 0.500. The van der Waals surface area contributed by atoms with E-state index >= 15 is 0 Å². The minimum Gasteiger partial charge on any atom is -0.348 e. The maximum absolute atomic E-state index is 12.7. The molecule has 3 atom stereocenters. The molecule has 1 unspecified atom stereocenters. The van der Waals surface area contributed by atoms with Crippen LogP contribution in [0.3, 0.4) is 0 Å². The van der Waals surface area contributed by atoms with Crippen LogP contribution in [0, 0.1) is 13.1 Å². The molecule has 0 saturated carbocycles. The van der Waals surface area contributed by atoms with Crippen LogP contribution >= 0.6 is 88.6 Å². The van der Waals surface area contributed by atoms with Crippen LogP contribution in [0.4, 0.5) is 5.82 Å². The molecule has 0 amide bonds. The summed E-state index contributed by atoms with van der Waals surface area (Å²) in [4.78, 5) is 20.1. The van der Waals surface area contributed by atoms with Gasteiger partial charge in [0.25, 0.3) is 0 Å². The van der Waals surface area contributed by atoms with Crippen LogP contribution in [0.2, 0.25) is 5.15 Å². The lowest BCUT2D eigenvalue weighted by Gasteiger charge is -2.39. The van der Waals surface area contributed by atoms with Crippen LogP contribution in [0.15, 0.2) is 21.6 Å². The maximum atomic E-state index is 12.7. The second kappa shape index (κ2) is 12.9. The molecule has 2 aliphatic heterocycles. The summed E-state index contributed by atoms with van der Waals surface area (Å²) in [5, 5.41) is 0.118. The zero-order valence-electron chi connectivity index (χ0n) is 24.1. The molecule has 4 aromatic heterocycles. The highest BCUT2D eigenvalue weighted by molar-refractivity contribution is 14.1. The molecular weight excluding hydrogens is 992 g/mol. The summed E-state index contributed by atoms with van der Waals surface area (Å²) < 4.78 is 56.8. The fourth-order valence-corrected chi connectivity index (χ4v) is 9.92. The van der Waals surface area contributed by atoms with Gasteiger partial charge in [-0.3, -0.25) is 0 Å². The van der Waals surface area contributed by atoms with Crippen molar-refractivity contribution in [2.75, 3.05) is 33.1 Å². The molecule has 13 nitrogen and oxygen atoms in total. The molecule has 0 aliphatic carbocycles. The molecule has 2 fully saturated rings. The van der Waals surface area contributed by atoms with Crippen LogP contribution in [-0.4, -0.2) is 93.6 Å². The molecule has 20 heteroatoms. The summed E-state index contributed by atoms with van der Waals surface area (Å²) in [6.45, 7) is 2.31. The Morgan fingerprint density at radius 1 is 0.795 bits per heavy atom. The Morgan fingerprint density at radius 3 is 1.68 bits per heavy atom. The van der Waals surface area contributed by atoms with Crippen molar-refractivity contribution in [3.05, 3.63) is 33.9 Å². The van der Waals surface area contributed by atoms with E-state index < -0.39 is 20.4 Å². The molecule has 240 valence electrons. The lowest BCUT2D eigenvalue weighted by Crippen LogP contribution is -2.43. The van der Waals surface area contributed by atoms with Crippen molar-refractivity contribution in [2.24, 2.45) is 5.92 Å². The van der Waals surface area contributed by atoms with Crippen LogP contribution in [0.5, 0.6) is 0 Å². The first-order valence-corrected chi connectivity index (χ1v) is 20.1. The first-order valence-electron chi connectivity index (χ1n) is 13.2. The highest BCUT2D eigenvalue weighted by Gasteiger charge is 2.41. The summed E-state index contributed by atoms with van der Waals surface area (Å²) in [6.07, 6.45) is 7.67. The van der Waals surface area contributed by atoms with Gasteiger partial charge in [-0.15, -0.1) is 0 Å². The number of fused-ring (bicyclic) bond motifs is 4. The van der Waals surface area contributed by atoms with Crippen LogP contribution in [0.25, 0.3) is 22.3 Å². The van der Waals surface area contributed by atoms with Gasteiger partial charge in [-0.25, -0.2) is 27.9 Å². The Morgan fingerprint density at radius 2 is 1.23 bits per heavy atom. The van der Waals surface area contributed by atoms with E-state index in [2.05, 4.69) is 81.2 Å². The van der Waals surface area contributed by atoms with Gasteiger partial charge in [-0.1, -0.05) is 18.5 Å². The summed E-state index contributed by atoms with van der Waals surface area (Å²) in [5.41, 5.74) is 1.68. The third-order valence-electron chi connectivity index (χ3n) is 7.58. The van der Waals surface area contributed by atoms with Crippen molar-refractivity contribution >= 4 is 137 Å². The van der Waals surface area contributed by atoms with Crippen molar-refractivity contribution in [2.45, 2.75) is 44.7 Å². The van der Waals surface area contributed by atoms with Crippen molar-refractivity contribution in [3.63, 3.8) is 0 Å². The van der Waals surface area contributed by atoms with Gasteiger partial charge in [0.15, 0.2) is 22.3 Å². The number of hydrogen-bond acceptors (Lipinski definition) is 9. The monoisotopic (exact) mass is 1020 g/mol. The Kier molecular flexibility index (Phi) is 10.2. The van der Waals surface area contributed by atoms with E-state index in [1.54, 1.807) is 6.20 Å². The zero-order valence-corrected chi connectivity index (χ0v) is 34.0. The average molecular weight is 1020 g/mol. The lowest BCUT2D eigenvalue weighted by molar-refractivity contribution is 0.361. The maximum Gasteiger partial charge on any atom is 0.308 e. The van der Waals surface area contributed by atoms with Gasteiger partial charge in [0.1, 0.15) is 20.2 Å². The first-order chi connectivity index (χ1) is 20.4. The lowest BCUT2D eigenvalue weighted by atomic mass is 9.92. The van der Waals surface area contributed by atoms with Crippen molar-refractivity contribution < 1.29 is 16.8 Å². The highest BCUT2D eigenvalue weighted by atomic mass is 127. The number of aromatic nitrogens is 6. The molecule has 6 rings (SSSR count). The van der Waals surface area contributed by atoms with Gasteiger partial charge < -0.3 is 4.90 Å². The molecule has 2 bridgehead atoms. The Bertz CT molecular complexity index is 1980. The predicted octanol–water partition coefficient (Wildman–Crippen LogP) is 5.33. The first kappa shape index (κ1) is 34.9. The summed E-state index contributed by atoms with van der Waals surface area (Å²) in [7, 11) is -1.36. The average Bonchev–Trinajstić information content (AvgIpc) is 3.53. The van der Waals surface area contributed by atoms with Gasteiger partial charge in [-0.05, 0) is 109 Å². The van der Waals surface area contributed by atoms with E-state index in [0.717, 1.165) is 49.3 Å². The van der Waals surface area contributed by atoms with E-state index in [-0.39, 0.29) is 10.8 Å². The number of piperidine rings is 1. The number of hydrogen-bond donors (Lipinski definition) is 0. The normalized spacial score (nSPS) is 20.6. The third kappa shape index (κ3) is 6.26. The summed E-state index contributed by atoms with van der Waals surface area (Å²) in [6, 6.07) is 0.916. The summed E-state index contributed by atoms with van der Waals surface area (Å²) >= 11 is 16.7. The molecule has 2 saturated heterocycles. The van der Waals surface area contributed by atoms with E-state index in [1.807, 2.05) is 22.6 Å². The molecule has 0 spiro atoms. The van der Waals surface area contributed by atoms with Crippen molar-refractivity contribution in [1.82, 2.24) is 36.5 Å². The van der Waals surface area contributed by atoms with Gasteiger partial charge >= 0.3 is 20.4 Å². The van der Waals surface area contributed by atoms with Gasteiger partial charge in [0, 0.05) is 52.7 Å². The quantitative estimate of drug-likeness (QED) is 0.243. The molecule has 6 heterocycles. The largest absolute Gasteiger partial charge is 0.348 e. The number of anilines is 1. The standard InChI is InChI=1S/C16H21BrIN5O2S.C8H7BrClIN4O2S/c1-9-6-10-4-5-11(7-9)23(10)16-14(17)19-13-12(18)8-22(15(13)20-16)26(24,25)21(2)3;1-14(2)18(16,17)15-3-4(11)5-8(15)13-7(10)6(9)12-5/h8-11H,4-7H2,1-3H3;3H,1-2H3/t9?,10-,11+;. The third-order valence-corrected chi connectivity index (χ3v) is 14.1. The van der Waals surface area contributed by atoms with Crippen LogP contribution < -0.4 is 4.90 Å². The predicted molar refractivity (Wildman–Crippen MR) is 195 cm³/mol. The minimum atomic E-state index is -3.65. The number of halogens is 5. The van der Waals surface area contributed by atoms with E-state index in [1.165, 1.54) is 42.7 Å². The Balaban J connectivity index is 0.000000187. The molecule has 0 N–H and O–H groups in total. The van der Waals surface area contributed by atoms with Gasteiger partial charge in [0.05, 0.1) is 7.14 Å². The van der Waals surface area contributed by atoms with Gasteiger partial charge in [-0.2, -0.15) is 25.4 Å². The number of nitrogens with zero attached hydrogens (tertiary/aromatic N) is 9. The van der Waals surface area contributed by atoms with E-state index in [0.29, 0.717) is 41.5 Å². The van der Waals surface area contributed by atoms with Crippen LogP contribution in [-0.2, 0) is 20.4 Å². The molecule has 44 heavy (non-hydrogen) atoms. The SMILES string of the molecule is CC1C[C@H]2CC[C@@H](C1)N2c1nc2c(nc1Br)c(I)cn2S(=O)(=O)N(C)C.CN(C)S(=O)(=O)n1cc(I)c2nc(Br)c(Cl)nc21. The van der Waals surface area contributed by atoms with Crippen molar-refractivity contribution in [1.29, 1.82) is 0 Å². The van der Waals surface area contributed by atoms with Crippen molar-refractivity contribution in [3.8, 4) is 0 Å². The molecule has 0 aromatic carbocycles. The second-order valence-electron chi connectivity index (χ2n) is 11.0.